The SMILES string of the molecule is CC(C)C(=O)Nc1nc2c(ncn2[C@@H]2S[C@H](CO)[C@@H](O[Si](C)(C)C(C)(C)C)[C@H]2OP(O)(=S)OC[C@H]2O[C@@H](n3cnc4c(NC(=O)c5ccccc5)ncnc43)[C@@H](F)[C@@H]2O)c(=O)[nH]1.N. The summed E-state index contributed by atoms with van der Waals surface area (Å²) in [7, 11) is -2.62. The van der Waals surface area contributed by atoms with Gasteiger partial charge in [0.15, 0.2) is 48.9 Å². The molecule has 2 aliphatic rings. The number of nitrogens with zero attached hydrogens (tertiary/aromatic N) is 7. The highest BCUT2D eigenvalue weighted by molar-refractivity contribution is 8.07. The molecule has 2 fully saturated rings. The van der Waals surface area contributed by atoms with Gasteiger partial charge in [-0.2, -0.15) is 4.98 Å². The third-order valence-corrected chi connectivity index (χ3v) is 18.6. The molecule has 5 aromatic rings. The molecule has 9 atom stereocenters. The number of benzene rings is 1. The Kier molecular flexibility index (Phi) is 14.4. The number of anilines is 2. The van der Waals surface area contributed by atoms with Gasteiger partial charge in [-0.05, 0) is 42.1 Å². The highest BCUT2D eigenvalue weighted by Crippen LogP contribution is 2.56. The molecule has 6 heterocycles. The molecule has 21 nitrogen and oxygen atoms in total. The second-order valence-electron chi connectivity index (χ2n) is 16.7. The summed E-state index contributed by atoms with van der Waals surface area (Å²) in [6.45, 7) is 8.18. The van der Waals surface area contributed by atoms with Crippen molar-refractivity contribution in [2.45, 2.75) is 100 Å². The van der Waals surface area contributed by atoms with Crippen LogP contribution in [0.1, 0.15) is 56.6 Å². The number of hydrogen-bond donors (Lipinski definition) is 7. The third-order valence-electron chi connectivity index (χ3n) is 11.0. The number of aromatic nitrogens is 8. The number of imidazole rings is 2. The van der Waals surface area contributed by atoms with E-state index in [0.29, 0.717) is 5.56 Å². The van der Waals surface area contributed by atoms with Crippen LogP contribution in [0.15, 0.2) is 54.1 Å². The van der Waals surface area contributed by atoms with Gasteiger partial charge in [0.1, 0.15) is 30.0 Å². The summed E-state index contributed by atoms with van der Waals surface area (Å²) >= 11 is 6.76. The van der Waals surface area contributed by atoms with Crippen molar-refractivity contribution in [3.8, 4) is 0 Å². The molecule has 0 aliphatic carbocycles. The number of rotatable bonds is 14. The fraction of sp³-hybridized carbons (Fsp3) is 0.514. The number of aliphatic hydroxyl groups excluding tert-OH is 2. The van der Waals surface area contributed by atoms with Crippen molar-refractivity contribution in [2.24, 2.45) is 5.92 Å². The lowest BCUT2D eigenvalue weighted by atomic mass is 10.1. The molecule has 26 heteroatoms. The Morgan fingerprint density at radius 2 is 1.75 bits per heavy atom. The van der Waals surface area contributed by atoms with Crippen LogP contribution in [0.25, 0.3) is 22.3 Å². The zero-order chi connectivity index (χ0) is 44.9. The number of carbonyl (C=O) groups excluding carboxylic acids is 2. The highest BCUT2D eigenvalue weighted by Gasteiger charge is 2.53. The maximum atomic E-state index is 15.9. The van der Waals surface area contributed by atoms with Crippen LogP contribution in [0.3, 0.4) is 0 Å². The van der Waals surface area contributed by atoms with Crippen molar-refractivity contribution >= 4 is 84.5 Å². The maximum Gasteiger partial charge on any atom is 0.325 e. The van der Waals surface area contributed by atoms with Crippen molar-refractivity contribution < 1.29 is 47.3 Å². The Morgan fingerprint density at radius 3 is 2.41 bits per heavy atom. The first-order valence-corrected chi connectivity index (χ1v) is 26.0. The van der Waals surface area contributed by atoms with Crippen molar-refractivity contribution in [3.63, 3.8) is 0 Å². The lowest BCUT2D eigenvalue weighted by Crippen LogP contribution is -2.50. The number of amides is 2. The Morgan fingerprint density at radius 1 is 1.06 bits per heavy atom. The van der Waals surface area contributed by atoms with Gasteiger partial charge in [-0.3, -0.25) is 38.3 Å². The van der Waals surface area contributed by atoms with Crippen molar-refractivity contribution in [2.75, 3.05) is 23.8 Å². The normalized spacial score (nSPS) is 25.0. The molecule has 7 rings (SSSR count). The van der Waals surface area contributed by atoms with E-state index >= 15 is 4.39 Å². The van der Waals surface area contributed by atoms with Gasteiger partial charge in [0, 0.05) is 11.5 Å². The van der Waals surface area contributed by atoms with Gasteiger partial charge in [0.05, 0.1) is 37.2 Å². The zero-order valence-electron chi connectivity index (χ0n) is 35.4. The number of aliphatic hydroxyl groups is 2. The molecule has 2 aliphatic heterocycles. The second-order valence-corrected chi connectivity index (χ2v) is 25.6. The fourth-order valence-electron chi connectivity index (χ4n) is 6.60. The predicted octanol–water partition coefficient (Wildman–Crippen LogP) is 4.18. The molecule has 342 valence electrons. The summed E-state index contributed by atoms with van der Waals surface area (Å²) in [5.74, 6) is -1.29. The molecule has 9 N–H and O–H groups in total. The van der Waals surface area contributed by atoms with Crippen LogP contribution in [0.2, 0.25) is 18.1 Å². The number of fused-ring (bicyclic) bond motifs is 2. The first-order valence-electron chi connectivity index (χ1n) is 19.6. The minimum atomic E-state index is -4.33. The monoisotopic (exact) mass is 951 g/mol. The number of carbonyl (C=O) groups is 2. The van der Waals surface area contributed by atoms with E-state index in [-0.39, 0.29) is 57.8 Å². The lowest BCUT2D eigenvalue weighted by molar-refractivity contribution is -0.118. The Balaban J connectivity index is 0.00000661. The molecular weight excluding hydrogens is 901 g/mol. The molecule has 2 amide bonds. The molecule has 1 aromatic carbocycles. The molecule has 2 saturated heterocycles. The van der Waals surface area contributed by atoms with Gasteiger partial charge >= 0.3 is 6.72 Å². The van der Waals surface area contributed by atoms with E-state index in [1.165, 1.54) is 39.9 Å². The average Bonchev–Trinajstić information content (AvgIpc) is 3.98. The largest absolute Gasteiger partial charge is 0.410 e. The van der Waals surface area contributed by atoms with Gasteiger partial charge in [-0.15, -0.1) is 11.8 Å². The van der Waals surface area contributed by atoms with E-state index < -0.39 is 86.5 Å². The van der Waals surface area contributed by atoms with Crippen LogP contribution in [0.5, 0.6) is 0 Å². The number of halogens is 1. The van der Waals surface area contributed by atoms with Crippen LogP contribution in [-0.2, 0) is 34.8 Å². The summed E-state index contributed by atoms with van der Waals surface area (Å²) in [5.41, 5.74) is 0.0243. The minimum Gasteiger partial charge on any atom is -0.410 e. The van der Waals surface area contributed by atoms with E-state index in [9.17, 15) is 29.5 Å². The van der Waals surface area contributed by atoms with E-state index in [2.05, 4.69) is 40.5 Å². The van der Waals surface area contributed by atoms with Crippen LogP contribution in [0, 0.1) is 5.92 Å². The maximum absolute atomic E-state index is 15.9. The number of nitrogens with one attached hydrogen (secondary N) is 3. The van der Waals surface area contributed by atoms with Gasteiger partial charge in [-0.1, -0.05) is 52.8 Å². The number of alkyl halides is 1. The molecular formula is C37H51FN11O10PS2Si. The average molecular weight is 952 g/mol. The Labute approximate surface area is 370 Å². The summed E-state index contributed by atoms with van der Waals surface area (Å²) in [6.07, 6.45) is -4.89. The van der Waals surface area contributed by atoms with Crippen LogP contribution in [-0.4, -0.2) is 123 Å². The highest BCUT2D eigenvalue weighted by atomic mass is 32.5. The first kappa shape index (κ1) is 48.3. The Hall–Kier alpha value is -4.11. The summed E-state index contributed by atoms with van der Waals surface area (Å²) in [6, 6.07) is 8.44. The molecule has 1 unspecified atom stereocenters. The van der Waals surface area contributed by atoms with Crippen LogP contribution in [0.4, 0.5) is 16.2 Å². The number of ether oxygens (including phenoxy) is 1. The molecule has 0 spiro atoms. The van der Waals surface area contributed by atoms with Crippen LogP contribution >= 0.6 is 18.5 Å². The fourth-order valence-corrected chi connectivity index (χ4v) is 11.0. The molecule has 0 saturated carbocycles. The zero-order valence-corrected chi connectivity index (χ0v) is 38.9. The van der Waals surface area contributed by atoms with Crippen molar-refractivity contribution in [3.05, 3.63) is 65.2 Å². The quantitative estimate of drug-likeness (QED) is 0.0607. The van der Waals surface area contributed by atoms with E-state index in [1.807, 2.05) is 33.9 Å². The smallest absolute Gasteiger partial charge is 0.325 e. The van der Waals surface area contributed by atoms with Gasteiger partial charge < -0.3 is 40.3 Å². The third kappa shape index (κ3) is 9.94. The number of aromatic amines is 1. The Bertz CT molecular complexity index is 2560. The van der Waals surface area contributed by atoms with Crippen LogP contribution < -0.4 is 22.3 Å². The summed E-state index contributed by atoms with van der Waals surface area (Å²) in [4.78, 5) is 74.1. The van der Waals surface area contributed by atoms with E-state index in [0.717, 1.165) is 0 Å². The van der Waals surface area contributed by atoms with Gasteiger partial charge in [-0.25, -0.2) is 24.3 Å². The predicted molar refractivity (Wildman–Crippen MR) is 238 cm³/mol. The topological polar surface area (TPSA) is 298 Å². The standard InChI is InChI=1S/C37H48FN10O10PS2Si.H3N/c1-18(2)31(51)45-36-44-30-24(33(53)46-36)42-17-48(30)35-27(26(21(13-49)61-35)58-62(6,7)37(3,4)5)57-59(54,60)55-14-20-25(50)22(38)34(56-20)47-16-41-23-28(39-15-40-29(23)47)43-32(52)19-11-9-8-10-12-19;/h8-12,15-18,20-22,25-27,34-35,49-50H,13-14H2,1-7H3,(H,54,60)(H,39,40,43,52)(H2,44,45,46,51,53);1H3/t20-,21-,22+,25-,26-,27-,34-,35-,59?;/m1./s1. The van der Waals surface area contributed by atoms with Gasteiger partial charge in [0.25, 0.3) is 11.5 Å². The minimum absolute atomic E-state index is 0. The second kappa shape index (κ2) is 18.8. The summed E-state index contributed by atoms with van der Waals surface area (Å²) < 4.78 is 43.5. The summed E-state index contributed by atoms with van der Waals surface area (Å²) in [5, 5.41) is 25.2. The molecule has 4 aromatic heterocycles. The van der Waals surface area contributed by atoms with Crippen molar-refractivity contribution in [1.82, 2.24) is 45.2 Å². The number of H-pyrrole nitrogens is 1. The van der Waals surface area contributed by atoms with E-state index in [4.69, 9.17) is 30.0 Å². The number of thioether (sulfide) groups is 1. The van der Waals surface area contributed by atoms with Crippen molar-refractivity contribution in [1.29, 1.82) is 0 Å². The lowest BCUT2D eigenvalue weighted by Gasteiger charge is -2.41. The van der Waals surface area contributed by atoms with E-state index in [1.54, 1.807) is 44.2 Å². The molecule has 0 radical (unpaired) electrons. The molecule has 0 bridgehead atoms. The molecule has 63 heavy (non-hydrogen) atoms. The number of hydrogen-bond acceptors (Lipinski definition) is 17. The first-order chi connectivity index (χ1) is 29.2. The van der Waals surface area contributed by atoms with Gasteiger partial charge in [0.2, 0.25) is 11.9 Å².